The van der Waals surface area contributed by atoms with E-state index in [-0.39, 0.29) is 18.9 Å². The minimum absolute atomic E-state index is 0.0330. The third-order valence-electron chi connectivity index (χ3n) is 4.19. The van der Waals surface area contributed by atoms with E-state index in [1.54, 1.807) is 48.5 Å². The molecule has 1 atom stereocenters. The predicted molar refractivity (Wildman–Crippen MR) is 104 cm³/mol. The number of carbonyl (C=O) groups is 2. The number of ketones is 1. The van der Waals surface area contributed by atoms with E-state index in [0.717, 1.165) is 0 Å². The molecule has 1 unspecified atom stereocenters. The Morgan fingerprint density at radius 1 is 1.10 bits per heavy atom. The third kappa shape index (κ3) is 5.23. The number of rotatable bonds is 9. The van der Waals surface area contributed by atoms with E-state index in [1.165, 1.54) is 4.80 Å². The summed E-state index contributed by atoms with van der Waals surface area (Å²) < 4.78 is 5.54. The maximum absolute atomic E-state index is 11.6. The lowest BCUT2D eigenvalue weighted by molar-refractivity contribution is 0.0849. The van der Waals surface area contributed by atoms with Gasteiger partial charge in [0.2, 0.25) is 11.7 Å². The Bertz CT molecular complexity index is 983. The number of hydrogen-bond acceptors (Lipinski definition) is 7. The molecule has 0 radical (unpaired) electrons. The fourth-order valence-corrected chi connectivity index (χ4v) is 2.59. The molecule has 3 N–H and O–H groups in total. The first-order valence-electron chi connectivity index (χ1n) is 9.08. The highest BCUT2D eigenvalue weighted by molar-refractivity contribution is 5.95. The van der Waals surface area contributed by atoms with Crippen LogP contribution in [-0.4, -0.2) is 49.7 Å². The first-order valence-corrected chi connectivity index (χ1v) is 9.08. The zero-order valence-corrected chi connectivity index (χ0v) is 15.9. The number of hydrogen-bond donors (Lipinski definition) is 2. The number of nitrogens with zero attached hydrogens (tertiary/aromatic N) is 4. The van der Waals surface area contributed by atoms with Gasteiger partial charge in [-0.1, -0.05) is 19.1 Å². The molecule has 0 fully saturated rings. The minimum atomic E-state index is -0.855. The van der Waals surface area contributed by atoms with Crippen molar-refractivity contribution in [2.45, 2.75) is 26.0 Å². The number of aliphatic hydroxyl groups excluding tert-OH is 1. The molecule has 0 aliphatic rings. The van der Waals surface area contributed by atoms with Gasteiger partial charge in [0.05, 0.1) is 6.54 Å². The second-order valence-corrected chi connectivity index (χ2v) is 6.38. The highest BCUT2D eigenvalue weighted by Crippen LogP contribution is 2.15. The quantitative estimate of drug-likeness (QED) is 0.524. The van der Waals surface area contributed by atoms with E-state index >= 15 is 0 Å². The molecule has 3 aromatic rings. The SMILES string of the molecule is CCC(=O)c1ccc(OCC(O)Cn2nnc(-c3ccc(C(N)=O)cc3)n2)cc1. The number of benzene rings is 2. The van der Waals surface area contributed by atoms with E-state index in [1.807, 2.05) is 6.92 Å². The molecule has 9 heteroatoms. The Morgan fingerprint density at radius 3 is 2.38 bits per heavy atom. The highest BCUT2D eigenvalue weighted by atomic mass is 16.5. The number of aliphatic hydroxyl groups is 1. The van der Waals surface area contributed by atoms with Crippen LogP contribution < -0.4 is 10.5 Å². The van der Waals surface area contributed by atoms with Crippen LogP contribution in [0.5, 0.6) is 5.75 Å². The van der Waals surface area contributed by atoms with Crippen molar-refractivity contribution in [3.63, 3.8) is 0 Å². The van der Waals surface area contributed by atoms with Crippen LogP contribution in [0.4, 0.5) is 0 Å². The molecule has 1 amide bonds. The first kappa shape index (κ1) is 20.2. The second kappa shape index (κ2) is 9.07. The van der Waals surface area contributed by atoms with Gasteiger partial charge < -0.3 is 15.6 Å². The number of amides is 1. The van der Waals surface area contributed by atoms with Gasteiger partial charge in [0.1, 0.15) is 18.5 Å². The van der Waals surface area contributed by atoms with Gasteiger partial charge in [0.25, 0.3) is 0 Å². The lowest BCUT2D eigenvalue weighted by atomic mass is 10.1. The van der Waals surface area contributed by atoms with Crippen LogP contribution in [0.3, 0.4) is 0 Å². The molecular weight excluding hydrogens is 374 g/mol. The topological polar surface area (TPSA) is 133 Å². The minimum Gasteiger partial charge on any atom is -0.491 e. The standard InChI is InChI=1S/C20H21N5O4/c1-2-18(27)13-7-9-17(10-8-13)29-12-16(26)11-25-23-20(22-24-25)15-5-3-14(4-6-15)19(21)28/h3-10,16,26H,2,11-12H2,1H3,(H2,21,28). The van der Waals surface area contributed by atoms with Crippen LogP contribution in [0.2, 0.25) is 0 Å². The zero-order chi connectivity index (χ0) is 20.8. The predicted octanol–water partition coefficient (Wildman–Crippen LogP) is 1.47. The molecular formula is C20H21N5O4. The lowest BCUT2D eigenvalue weighted by Gasteiger charge is -2.11. The van der Waals surface area contributed by atoms with Crippen molar-refractivity contribution in [1.82, 2.24) is 20.2 Å². The average molecular weight is 395 g/mol. The molecule has 150 valence electrons. The number of primary amides is 1. The molecule has 0 aliphatic heterocycles. The molecule has 9 nitrogen and oxygen atoms in total. The van der Waals surface area contributed by atoms with Crippen molar-refractivity contribution in [3.05, 3.63) is 59.7 Å². The largest absolute Gasteiger partial charge is 0.491 e. The van der Waals surface area contributed by atoms with Gasteiger partial charge in [-0.2, -0.15) is 4.80 Å². The van der Waals surface area contributed by atoms with E-state index in [2.05, 4.69) is 15.4 Å². The summed E-state index contributed by atoms with van der Waals surface area (Å²) in [5, 5.41) is 22.2. The Labute approximate surface area is 167 Å². The van der Waals surface area contributed by atoms with Crippen LogP contribution in [-0.2, 0) is 6.54 Å². The molecule has 1 heterocycles. The van der Waals surface area contributed by atoms with Crippen molar-refractivity contribution in [3.8, 4) is 17.1 Å². The van der Waals surface area contributed by atoms with Crippen LogP contribution in [0.15, 0.2) is 48.5 Å². The van der Waals surface area contributed by atoms with Gasteiger partial charge in [-0.05, 0) is 41.6 Å². The zero-order valence-electron chi connectivity index (χ0n) is 15.9. The van der Waals surface area contributed by atoms with E-state index in [4.69, 9.17) is 10.5 Å². The summed E-state index contributed by atoms with van der Waals surface area (Å²) >= 11 is 0. The van der Waals surface area contributed by atoms with Crippen LogP contribution in [0, 0.1) is 0 Å². The van der Waals surface area contributed by atoms with Gasteiger partial charge in [-0.3, -0.25) is 9.59 Å². The second-order valence-electron chi connectivity index (χ2n) is 6.38. The normalized spacial score (nSPS) is 11.8. The summed E-state index contributed by atoms with van der Waals surface area (Å²) in [5.74, 6) is 0.473. The van der Waals surface area contributed by atoms with Crippen LogP contribution >= 0.6 is 0 Å². The third-order valence-corrected chi connectivity index (χ3v) is 4.19. The highest BCUT2D eigenvalue weighted by Gasteiger charge is 2.12. The van der Waals surface area contributed by atoms with Gasteiger partial charge in [0.15, 0.2) is 5.78 Å². The molecule has 0 bridgehead atoms. The Hall–Kier alpha value is -3.59. The number of aromatic nitrogens is 4. The molecule has 2 aromatic carbocycles. The van der Waals surface area contributed by atoms with Crippen molar-refractivity contribution in [2.24, 2.45) is 5.73 Å². The smallest absolute Gasteiger partial charge is 0.248 e. The number of carbonyl (C=O) groups excluding carboxylic acids is 2. The van der Waals surface area contributed by atoms with Crippen molar-refractivity contribution in [1.29, 1.82) is 0 Å². The first-order chi connectivity index (χ1) is 14.0. The molecule has 29 heavy (non-hydrogen) atoms. The Morgan fingerprint density at radius 2 is 1.76 bits per heavy atom. The van der Waals surface area contributed by atoms with Gasteiger partial charge in [-0.15, -0.1) is 10.2 Å². The maximum atomic E-state index is 11.6. The molecule has 0 saturated heterocycles. The number of nitrogens with two attached hydrogens (primary N) is 1. The average Bonchev–Trinajstić information content (AvgIpc) is 3.20. The summed E-state index contributed by atoms with van der Waals surface area (Å²) in [7, 11) is 0. The monoisotopic (exact) mass is 395 g/mol. The summed E-state index contributed by atoms with van der Waals surface area (Å²) in [6.45, 7) is 1.94. The maximum Gasteiger partial charge on any atom is 0.248 e. The number of ether oxygens (including phenoxy) is 1. The lowest BCUT2D eigenvalue weighted by Crippen LogP contribution is -2.25. The van der Waals surface area contributed by atoms with Crippen molar-refractivity contribution < 1.29 is 19.4 Å². The summed E-state index contributed by atoms with van der Waals surface area (Å²) in [4.78, 5) is 24.0. The van der Waals surface area contributed by atoms with Crippen molar-refractivity contribution >= 4 is 11.7 Å². The molecule has 3 rings (SSSR count). The van der Waals surface area contributed by atoms with E-state index in [0.29, 0.717) is 34.7 Å². The van der Waals surface area contributed by atoms with Gasteiger partial charge in [-0.25, -0.2) is 0 Å². The summed E-state index contributed by atoms with van der Waals surface area (Å²) in [5.41, 5.74) is 6.91. The molecule has 0 spiro atoms. The fourth-order valence-electron chi connectivity index (χ4n) is 2.59. The van der Waals surface area contributed by atoms with Gasteiger partial charge >= 0.3 is 0 Å². The number of tetrazole rings is 1. The van der Waals surface area contributed by atoms with Gasteiger partial charge in [0, 0.05) is 23.1 Å². The van der Waals surface area contributed by atoms with E-state index in [9.17, 15) is 14.7 Å². The Kier molecular flexibility index (Phi) is 6.30. The number of Topliss-reactive ketones (excluding diaryl/α,β-unsaturated/α-hetero) is 1. The summed E-state index contributed by atoms with van der Waals surface area (Å²) in [6.07, 6.45) is -0.410. The van der Waals surface area contributed by atoms with Crippen LogP contribution in [0.25, 0.3) is 11.4 Å². The van der Waals surface area contributed by atoms with E-state index < -0.39 is 12.0 Å². The summed E-state index contributed by atoms with van der Waals surface area (Å²) in [6, 6.07) is 13.3. The van der Waals surface area contributed by atoms with Crippen LogP contribution in [0.1, 0.15) is 34.1 Å². The molecule has 0 aliphatic carbocycles. The molecule has 0 saturated carbocycles. The Balaban J connectivity index is 1.54. The van der Waals surface area contributed by atoms with Crippen molar-refractivity contribution in [2.75, 3.05) is 6.61 Å². The fraction of sp³-hybridized carbons (Fsp3) is 0.250. The molecule has 1 aromatic heterocycles.